The molecule has 0 bridgehead atoms. The summed E-state index contributed by atoms with van der Waals surface area (Å²) in [6, 6.07) is 0.252. The van der Waals surface area contributed by atoms with Crippen LogP contribution in [0.3, 0.4) is 0 Å². The summed E-state index contributed by atoms with van der Waals surface area (Å²) >= 11 is 0. The van der Waals surface area contributed by atoms with Crippen LogP contribution in [-0.2, 0) is 4.74 Å². The minimum atomic E-state index is 0.252. The standard InChI is InChI=1S/C14H28N2O/c1-2-16-9-10-17-13(11-16)14(15)12-7-5-3-4-6-8-12/h12-14H,2-11,15H2,1H3. The monoisotopic (exact) mass is 240 g/mol. The third-order valence-corrected chi connectivity index (χ3v) is 4.50. The highest BCUT2D eigenvalue weighted by molar-refractivity contribution is 4.86. The summed E-state index contributed by atoms with van der Waals surface area (Å²) in [5, 5.41) is 0. The van der Waals surface area contributed by atoms with E-state index in [-0.39, 0.29) is 12.1 Å². The van der Waals surface area contributed by atoms with E-state index in [0.29, 0.717) is 5.92 Å². The highest BCUT2D eigenvalue weighted by atomic mass is 16.5. The summed E-state index contributed by atoms with van der Waals surface area (Å²) in [4.78, 5) is 2.46. The summed E-state index contributed by atoms with van der Waals surface area (Å²) in [6.45, 7) is 6.31. The Morgan fingerprint density at radius 3 is 2.59 bits per heavy atom. The molecule has 17 heavy (non-hydrogen) atoms. The molecule has 2 fully saturated rings. The number of nitrogens with two attached hydrogens (primary N) is 1. The highest BCUT2D eigenvalue weighted by Gasteiger charge is 2.30. The lowest BCUT2D eigenvalue weighted by atomic mass is 9.88. The average Bonchev–Trinajstić information content (AvgIpc) is 2.67. The molecule has 1 saturated carbocycles. The van der Waals surface area contributed by atoms with Gasteiger partial charge in [0.2, 0.25) is 0 Å². The van der Waals surface area contributed by atoms with Gasteiger partial charge in [-0.15, -0.1) is 0 Å². The highest BCUT2D eigenvalue weighted by Crippen LogP contribution is 2.27. The Labute approximate surface area is 106 Å². The van der Waals surface area contributed by atoms with Crippen molar-refractivity contribution in [3.8, 4) is 0 Å². The molecule has 2 N–H and O–H groups in total. The van der Waals surface area contributed by atoms with Crippen molar-refractivity contribution < 1.29 is 4.74 Å². The lowest BCUT2D eigenvalue weighted by Gasteiger charge is -2.38. The molecule has 3 heteroatoms. The Bertz CT molecular complexity index is 214. The third-order valence-electron chi connectivity index (χ3n) is 4.50. The van der Waals surface area contributed by atoms with Crippen LogP contribution in [-0.4, -0.2) is 43.3 Å². The molecule has 1 aliphatic carbocycles. The molecule has 1 aliphatic heterocycles. The molecule has 2 atom stereocenters. The predicted molar refractivity (Wildman–Crippen MR) is 71.0 cm³/mol. The number of hydrogen-bond donors (Lipinski definition) is 1. The van der Waals surface area contributed by atoms with Crippen LogP contribution in [0.25, 0.3) is 0 Å². The van der Waals surface area contributed by atoms with Crippen molar-refractivity contribution in [2.45, 2.75) is 57.6 Å². The number of rotatable bonds is 3. The van der Waals surface area contributed by atoms with Crippen LogP contribution in [0, 0.1) is 5.92 Å². The van der Waals surface area contributed by atoms with Gasteiger partial charge in [0, 0.05) is 19.1 Å². The predicted octanol–water partition coefficient (Wildman–Crippen LogP) is 2.00. The van der Waals surface area contributed by atoms with Crippen LogP contribution in [0.4, 0.5) is 0 Å². The van der Waals surface area contributed by atoms with E-state index in [1.165, 1.54) is 38.5 Å². The Morgan fingerprint density at radius 2 is 1.94 bits per heavy atom. The van der Waals surface area contributed by atoms with E-state index < -0.39 is 0 Å². The first-order valence-electron chi connectivity index (χ1n) is 7.40. The SMILES string of the molecule is CCN1CCOC(C(N)C2CCCCCC2)C1. The van der Waals surface area contributed by atoms with Crippen molar-refractivity contribution in [2.24, 2.45) is 11.7 Å². The second-order valence-electron chi connectivity index (χ2n) is 5.63. The summed E-state index contributed by atoms with van der Waals surface area (Å²) in [5.74, 6) is 0.694. The first kappa shape index (κ1) is 13.3. The van der Waals surface area contributed by atoms with Crippen LogP contribution in [0.5, 0.6) is 0 Å². The molecule has 0 aromatic rings. The number of nitrogens with zero attached hydrogens (tertiary/aromatic N) is 1. The maximum atomic E-state index is 6.46. The zero-order chi connectivity index (χ0) is 12.1. The molecule has 2 unspecified atom stereocenters. The molecule has 100 valence electrons. The van der Waals surface area contributed by atoms with Crippen LogP contribution in [0.2, 0.25) is 0 Å². The lowest BCUT2D eigenvalue weighted by molar-refractivity contribution is -0.0488. The average molecular weight is 240 g/mol. The van der Waals surface area contributed by atoms with E-state index in [1.807, 2.05) is 0 Å². The zero-order valence-corrected chi connectivity index (χ0v) is 11.2. The van der Waals surface area contributed by atoms with Gasteiger partial charge in [0.1, 0.15) is 0 Å². The summed E-state index contributed by atoms with van der Waals surface area (Å²) < 4.78 is 5.90. The molecule has 2 rings (SSSR count). The largest absolute Gasteiger partial charge is 0.374 e. The smallest absolute Gasteiger partial charge is 0.0855 e. The Balaban J connectivity index is 1.86. The molecule has 0 amide bonds. The van der Waals surface area contributed by atoms with Crippen LogP contribution in [0.15, 0.2) is 0 Å². The molecular weight excluding hydrogens is 212 g/mol. The van der Waals surface area contributed by atoms with Gasteiger partial charge in [0.25, 0.3) is 0 Å². The van der Waals surface area contributed by atoms with E-state index in [9.17, 15) is 0 Å². The molecule has 0 aromatic heterocycles. The van der Waals surface area contributed by atoms with Crippen molar-refractivity contribution >= 4 is 0 Å². The van der Waals surface area contributed by atoms with E-state index in [2.05, 4.69) is 11.8 Å². The first-order valence-corrected chi connectivity index (χ1v) is 7.40. The molecule has 1 saturated heterocycles. The van der Waals surface area contributed by atoms with Gasteiger partial charge in [-0.2, -0.15) is 0 Å². The van der Waals surface area contributed by atoms with Crippen LogP contribution in [0.1, 0.15) is 45.4 Å². The van der Waals surface area contributed by atoms with Gasteiger partial charge in [0.05, 0.1) is 12.7 Å². The molecule has 0 spiro atoms. The van der Waals surface area contributed by atoms with Crippen molar-refractivity contribution in [2.75, 3.05) is 26.2 Å². The second-order valence-corrected chi connectivity index (χ2v) is 5.63. The molecular formula is C14H28N2O. The number of ether oxygens (including phenoxy) is 1. The van der Waals surface area contributed by atoms with E-state index >= 15 is 0 Å². The van der Waals surface area contributed by atoms with Crippen LogP contribution < -0.4 is 5.73 Å². The minimum absolute atomic E-state index is 0.252. The van der Waals surface area contributed by atoms with Gasteiger partial charge in [-0.05, 0) is 25.3 Å². The number of morpholine rings is 1. The van der Waals surface area contributed by atoms with Crippen molar-refractivity contribution in [3.63, 3.8) is 0 Å². The van der Waals surface area contributed by atoms with Crippen molar-refractivity contribution in [1.29, 1.82) is 0 Å². The quantitative estimate of drug-likeness (QED) is 0.767. The second kappa shape index (κ2) is 6.72. The Morgan fingerprint density at radius 1 is 1.24 bits per heavy atom. The zero-order valence-electron chi connectivity index (χ0n) is 11.2. The van der Waals surface area contributed by atoms with Gasteiger partial charge in [-0.1, -0.05) is 32.6 Å². The molecule has 2 aliphatic rings. The van der Waals surface area contributed by atoms with E-state index in [4.69, 9.17) is 10.5 Å². The van der Waals surface area contributed by atoms with Gasteiger partial charge in [0.15, 0.2) is 0 Å². The Kier molecular flexibility index (Phi) is 5.26. The Hall–Kier alpha value is -0.120. The van der Waals surface area contributed by atoms with Crippen LogP contribution >= 0.6 is 0 Å². The number of likely N-dealkylation sites (N-methyl/N-ethyl adjacent to an activating group) is 1. The summed E-state index contributed by atoms with van der Waals surface area (Å²) in [5.41, 5.74) is 6.46. The van der Waals surface area contributed by atoms with E-state index in [1.54, 1.807) is 0 Å². The normalized spacial score (nSPS) is 31.1. The minimum Gasteiger partial charge on any atom is -0.374 e. The van der Waals surface area contributed by atoms with Crippen molar-refractivity contribution in [1.82, 2.24) is 4.90 Å². The fraction of sp³-hybridized carbons (Fsp3) is 1.00. The maximum Gasteiger partial charge on any atom is 0.0855 e. The van der Waals surface area contributed by atoms with Gasteiger partial charge in [-0.25, -0.2) is 0 Å². The van der Waals surface area contributed by atoms with Gasteiger partial charge in [-0.3, -0.25) is 4.90 Å². The van der Waals surface area contributed by atoms with Crippen molar-refractivity contribution in [3.05, 3.63) is 0 Å². The topological polar surface area (TPSA) is 38.5 Å². The number of hydrogen-bond acceptors (Lipinski definition) is 3. The summed E-state index contributed by atoms with van der Waals surface area (Å²) in [6.07, 6.45) is 8.42. The fourth-order valence-electron chi connectivity index (χ4n) is 3.25. The fourth-order valence-corrected chi connectivity index (χ4v) is 3.25. The van der Waals surface area contributed by atoms with Gasteiger partial charge < -0.3 is 10.5 Å². The molecule has 0 radical (unpaired) electrons. The summed E-state index contributed by atoms with van der Waals surface area (Å²) in [7, 11) is 0. The van der Waals surface area contributed by atoms with Gasteiger partial charge >= 0.3 is 0 Å². The third kappa shape index (κ3) is 3.67. The maximum absolute atomic E-state index is 6.46. The van der Waals surface area contributed by atoms with E-state index in [0.717, 1.165) is 26.2 Å². The molecule has 0 aromatic carbocycles. The first-order chi connectivity index (χ1) is 8.31. The molecule has 1 heterocycles. The lowest BCUT2D eigenvalue weighted by Crippen LogP contribution is -2.53. The molecule has 3 nitrogen and oxygen atoms in total.